The molecule has 2 aromatic rings. The number of hydrogen-bond acceptors (Lipinski definition) is 7. The maximum absolute atomic E-state index is 12.4. The number of amides is 1. The molecule has 0 saturated carbocycles. The lowest BCUT2D eigenvalue weighted by atomic mass is 10.1. The van der Waals surface area contributed by atoms with Crippen molar-refractivity contribution < 1.29 is 33.3 Å². The van der Waals surface area contributed by atoms with E-state index in [1.807, 2.05) is 13.0 Å². The van der Waals surface area contributed by atoms with Crippen molar-refractivity contribution in [2.75, 3.05) is 39.9 Å². The van der Waals surface area contributed by atoms with Crippen LogP contribution in [0.1, 0.15) is 17.3 Å². The number of methoxy groups -OCH3 is 3. The van der Waals surface area contributed by atoms with Gasteiger partial charge in [0.1, 0.15) is 0 Å². The normalized spacial score (nSPS) is 10.0. The van der Waals surface area contributed by atoms with Gasteiger partial charge >= 0.3 is 5.97 Å². The third-order valence-electron chi connectivity index (χ3n) is 3.71. The highest BCUT2D eigenvalue weighted by molar-refractivity contribution is 6.02. The molecule has 8 nitrogen and oxygen atoms in total. The van der Waals surface area contributed by atoms with Gasteiger partial charge in [0.15, 0.2) is 29.6 Å². The molecule has 0 spiro atoms. The third kappa shape index (κ3) is 5.06. The van der Waals surface area contributed by atoms with Gasteiger partial charge in [-0.05, 0) is 19.1 Å². The van der Waals surface area contributed by atoms with E-state index in [0.29, 0.717) is 29.6 Å². The molecule has 0 unspecified atom stereocenters. The summed E-state index contributed by atoms with van der Waals surface area (Å²) in [5.74, 6) is 0.581. The number of benzene rings is 2. The van der Waals surface area contributed by atoms with E-state index in [4.69, 9.17) is 23.7 Å². The molecule has 8 heteroatoms. The molecule has 0 fully saturated rings. The van der Waals surface area contributed by atoms with Gasteiger partial charge in [-0.25, -0.2) is 4.79 Å². The Labute approximate surface area is 163 Å². The molecule has 150 valence electrons. The summed E-state index contributed by atoms with van der Waals surface area (Å²) in [5, 5.41) is 2.63. The summed E-state index contributed by atoms with van der Waals surface area (Å²) in [6.07, 6.45) is 0. The van der Waals surface area contributed by atoms with E-state index in [0.717, 1.165) is 0 Å². The van der Waals surface area contributed by atoms with Crippen LogP contribution in [-0.2, 0) is 9.53 Å². The first-order chi connectivity index (χ1) is 13.5. The van der Waals surface area contributed by atoms with E-state index in [1.54, 1.807) is 18.2 Å². The minimum Gasteiger partial charge on any atom is -0.493 e. The Morgan fingerprint density at radius 3 is 2.07 bits per heavy atom. The van der Waals surface area contributed by atoms with E-state index in [2.05, 4.69) is 5.32 Å². The number of hydrogen-bond donors (Lipinski definition) is 1. The van der Waals surface area contributed by atoms with Crippen molar-refractivity contribution in [1.82, 2.24) is 0 Å². The lowest BCUT2D eigenvalue weighted by Gasteiger charge is -2.15. The molecule has 0 heterocycles. The maximum Gasteiger partial charge on any atom is 0.340 e. The number of carbonyl (C=O) groups excluding carboxylic acids is 2. The molecule has 2 aromatic carbocycles. The van der Waals surface area contributed by atoms with Crippen molar-refractivity contribution in [3.63, 3.8) is 0 Å². The fourth-order valence-corrected chi connectivity index (χ4v) is 2.43. The minimum atomic E-state index is -0.626. The van der Waals surface area contributed by atoms with Gasteiger partial charge in [0.05, 0.1) is 39.2 Å². The molecular formula is C20H23NO7. The second-order valence-electron chi connectivity index (χ2n) is 5.46. The summed E-state index contributed by atoms with van der Waals surface area (Å²) in [4.78, 5) is 24.4. The SMILES string of the molecule is CCOc1ccccc1OCC(=O)Nc1cc(OC)c(OC)cc1C(=O)OC. The lowest BCUT2D eigenvalue weighted by Crippen LogP contribution is -2.22. The highest BCUT2D eigenvalue weighted by atomic mass is 16.5. The van der Waals surface area contributed by atoms with Crippen LogP contribution in [0.25, 0.3) is 0 Å². The van der Waals surface area contributed by atoms with Crippen molar-refractivity contribution in [2.45, 2.75) is 6.92 Å². The Morgan fingerprint density at radius 1 is 0.893 bits per heavy atom. The molecule has 0 atom stereocenters. The van der Waals surface area contributed by atoms with Crippen LogP contribution in [0.4, 0.5) is 5.69 Å². The van der Waals surface area contributed by atoms with Crippen LogP contribution in [0.5, 0.6) is 23.0 Å². The van der Waals surface area contributed by atoms with E-state index in [-0.39, 0.29) is 17.9 Å². The molecule has 0 aliphatic heterocycles. The quantitative estimate of drug-likeness (QED) is 0.659. The lowest BCUT2D eigenvalue weighted by molar-refractivity contribution is -0.118. The molecule has 1 N–H and O–H groups in total. The summed E-state index contributed by atoms with van der Waals surface area (Å²) in [6, 6.07) is 9.96. The first-order valence-corrected chi connectivity index (χ1v) is 8.52. The van der Waals surface area contributed by atoms with Gasteiger partial charge in [0.2, 0.25) is 0 Å². The monoisotopic (exact) mass is 389 g/mol. The predicted octanol–water partition coefficient (Wildman–Crippen LogP) is 2.91. The largest absolute Gasteiger partial charge is 0.493 e. The van der Waals surface area contributed by atoms with Crippen molar-refractivity contribution >= 4 is 17.6 Å². The molecule has 0 aromatic heterocycles. The second kappa shape index (κ2) is 10.1. The molecule has 0 saturated heterocycles. The standard InChI is InChI=1S/C20H23NO7/c1-5-27-15-8-6-7-9-16(15)28-12-19(22)21-14-11-18(25-3)17(24-2)10-13(14)20(23)26-4/h6-11H,5,12H2,1-4H3,(H,21,22). The number of carbonyl (C=O) groups is 2. The van der Waals surface area contributed by atoms with Gasteiger partial charge in [-0.3, -0.25) is 4.79 Å². The van der Waals surface area contributed by atoms with Crippen molar-refractivity contribution in [2.24, 2.45) is 0 Å². The number of anilines is 1. The zero-order chi connectivity index (χ0) is 20.5. The first kappa shape index (κ1) is 20.9. The Balaban J connectivity index is 2.18. The van der Waals surface area contributed by atoms with Crippen LogP contribution >= 0.6 is 0 Å². The van der Waals surface area contributed by atoms with E-state index in [9.17, 15) is 9.59 Å². The van der Waals surface area contributed by atoms with Crippen molar-refractivity contribution in [3.8, 4) is 23.0 Å². The predicted molar refractivity (Wildman–Crippen MR) is 103 cm³/mol. The Kier molecular flexibility index (Phi) is 7.50. The Morgan fingerprint density at radius 2 is 1.50 bits per heavy atom. The smallest absolute Gasteiger partial charge is 0.340 e. The van der Waals surface area contributed by atoms with Gasteiger partial charge in [0.25, 0.3) is 5.91 Å². The zero-order valence-corrected chi connectivity index (χ0v) is 16.2. The van der Waals surface area contributed by atoms with Crippen LogP contribution in [0.15, 0.2) is 36.4 Å². The summed E-state index contributed by atoms with van der Waals surface area (Å²) in [5.41, 5.74) is 0.347. The van der Waals surface area contributed by atoms with E-state index < -0.39 is 11.9 Å². The van der Waals surface area contributed by atoms with Gasteiger partial charge in [-0.2, -0.15) is 0 Å². The average Bonchev–Trinajstić information content (AvgIpc) is 2.72. The van der Waals surface area contributed by atoms with Crippen LogP contribution in [0.2, 0.25) is 0 Å². The summed E-state index contributed by atoms with van der Waals surface area (Å²) in [6.45, 7) is 2.05. The summed E-state index contributed by atoms with van der Waals surface area (Å²) in [7, 11) is 4.15. The minimum absolute atomic E-state index is 0.128. The van der Waals surface area contributed by atoms with Crippen LogP contribution in [0, 0.1) is 0 Å². The molecule has 1 amide bonds. The molecular weight excluding hydrogens is 366 g/mol. The molecule has 0 aliphatic carbocycles. The van der Waals surface area contributed by atoms with Gasteiger partial charge < -0.3 is 29.0 Å². The van der Waals surface area contributed by atoms with Crippen LogP contribution < -0.4 is 24.3 Å². The number of para-hydroxylation sites is 2. The maximum atomic E-state index is 12.4. The van der Waals surface area contributed by atoms with Gasteiger partial charge in [0, 0.05) is 12.1 Å². The fourth-order valence-electron chi connectivity index (χ4n) is 2.43. The number of nitrogens with one attached hydrogen (secondary N) is 1. The summed E-state index contributed by atoms with van der Waals surface area (Å²) >= 11 is 0. The van der Waals surface area contributed by atoms with Crippen LogP contribution in [0.3, 0.4) is 0 Å². The van der Waals surface area contributed by atoms with Crippen LogP contribution in [-0.4, -0.2) is 46.4 Å². The van der Waals surface area contributed by atoms with Crippen molar-refractivity contribution in [3.05, 3.63) is 42.0 Å². The highest BCUT2D eigenvalue weighted by Crippen LogP contribution is 2.34. The number of rotatable bonds is 9. The van der Waals surface area contributed by atoms with Crippen molar-refractivity contribution in [1.29, 1.82) is 0 Å². The molecule has 28 heavy (non-hydrogen) atoms. The van der Waals surface area contributed by atoms with Gasteiger partial charge in [-0.15, -0.1) is 0 Å². The third-order valence-corrected chi connectivity index (χ3v) is 3.71. The average molecular weight is 389 g/mol. The van der Waals surface area contributed by atoms with E-state index >= 15 is 0 Å². The first-order valence-electron chi connectivity index (χ1n) is 8.52. The molecule has 0 bridgehead atoms. The Hall–Kier alpha value is -3.42. The van der Waals surface area contributed by atoms with E-state index in [1.165, 1.54) is 33.5 Å². The highest BCUT2D eigenvalue weighted by Gasteiger charge is 2.19. The molecule has 0 radical (unpaired) electrons. The van der Waals surface area contributed by atoms with Gasteiger partial charge in [-0.1, -0.05) is 12.1 Å². The molecule has 0 aliphatic rings. The fraction of sp³-hybridized carbons (Fsp3) is 0.300. The number of esters is 1. The Bertz CT molecular complexity index is 835. The topological polar surface area (TPSA) is 92.3 Å². The molecule has 2 rings (SSSR count). The number of ether oxygens (including phenoxy) is 5. The summed E-state index contributed by atoms with van der Waals surface area (Å²) < 4.78 is 26.2. The second-order valence-corrected chi connectivity index (χ2v) is 5.46. The zero-order valence-electron chi connectivity index (χ0n) is 16.2.